The van der Waals surface area contributed by atoms with E-state index < -0.39 is 10.0 Å². The van der Waals surface area contributed by atoms with Crippen molar-refractivity contribution in [1.82, 2.24) is 9.62 Å². The molecular formula is C12H15BrN2O3S2. The maximum Gasteiger partial charge on any atom is 0.250 e. The van der Waals surface area contributed by atoms with Crippen LogP contribution in [-0.4, -0.2) is 34.0 Å². The molecule has 1 N–H and O–H groups in total. The highest BCUT2D eigenvalue weighted by atomic mass is 79.9. The standard InChI is InChI=1S/C12H15BrN2O3S2/c1-15(2)9(10-4-3-7-18-10)8-14-20(16,17)12-6-5-11(13)19-12/h3-7,9,14H,8H2,1-2H3. The van der Waals surface area contributed by atoms with Crippen molar-refractivity contribution in [3.05, 3.63) is 40.1 Å². The van der Waals surface area contributed by atoms with Crippen LogP contribution < -0.4 is 4.72 Å². The minimum absolute atomic E-state index is 0.150. The average Bonchev–Trinajstić information content (AvgIpc) is 3.00. The number of halogens is 1. The third-order valence-corrected chi connectivity index (χ3v) is 6.31. The van der Waals surface area contributed by atoms with Gasteiger partial charge in [-0.05, 0) is 54.3 Å². The third-order valence-electron chi connectivity index (χ3n) is 2.78. The van der Waals surface area contributed by atoms with Gasteiger partial charge in [-0.1, -0.05) is 0 Å². The third kappa shape index (κ3) is 3.70. The molecule has 0 aliphatic heterocycles. The molecule has 0 aliphatic rings. The molecule has 8 heteroatoms. The van der Waals surface area contributed by atoms with Gasteiger partial charge in [0.15, 0.2) is 0 Å². The van der Waals surface area contributed by atoms with E-state index in [9.17, 15) is 8.42 Å². The Kier molecular flexibility index (Phi) is 5.03. The van der Waals surface area contributed by atoms with Gasteiger partial charge in [-0.3, -0.25) is 4.90 Å². The zero-order valence-corrected chi connectivity index (χ0v) is 14.3. The van der Waals surface area contributed by atoms with Gasteiger partial charge in [0, 0.05) is 6.54 Å². The van der Waals surface area contributed by atoms with Gasteiger partial charge in [-0.15, -0.1) is 11.3 Å². The number of furan rings is 1. The van der Waals surface area contributed by atoms with Gasteiger partial charge in [-0.2, -0.15) is 0 Å². The van der Waals surface area contributed by atoms with Gasteiger partial charge >= 0.3 is 0 Å². The Balaban J connectivity index is 2.10. The fourth-order valence-corrected chi connectivity index (χ4v) is 4.81. The lowest BCUT2D eigenvalue weighted by atomic mass is 10.2. The summed E-state index contributed by atoms with van der Waals surface area (Å²) >= 11 is 4.44. The van der Waals surface area contributed by atoms with Crippen molar-refractivity contribution in [2.24, 2.45) is 0 Å². The van der Waals surface area contributed by atoms with Crippen molar-refractivity contribution in [1.29, 1.82) is 0 Å². The first-order valence-electron chi connectivity index (χ1n) is 5.85. The molecular weight excluding hydrogens is 364 g/mol. The van der Waals surface area contributed by atoms with E-state index in [1.165, 1.54) is 11.3 Å². The second-order valence-corrected chi connectivity index (χ2v) is 8.86. The summed E-state index contributed by atoms with van der Waals surface area (Å²) in [6.07, 6.45) is 1.58. The molecule has 0 saturated carbocycles. The van der Waals surface area contributed by atoms with Gasteiger partial charge < -0.3 is 4.42 Å². The summed E-state index contributed by atoms with van der Waals surface area (Å²) < 4.78 is 33.4. The highest BCUT2D eigenvalue weighted by molar-refractivity contribution is 9.11. The van der Waals surface area contributed by atoms with Crippen molar-refractivity contribution < 1.29 is 12.8 Å². The molecule has 0 saturated heterocycles. The molecule has 20 heavy (non-hydrogen) atoms. The molecule has 0 bridgehead atoms. The van der Waals surface area contributed by atoms with Crippen molar-refractivity contribution in [2.75, 3.05) is 20.6 Å². The molecule has 1 atom stereocenters. The van der Waals surface area contributed by atoms with Crippen LogP contribution in [0.4, 0.5) is 0 Å². The second kappa shape index (κ2) is 6.40. The van der Waals surface area contributed by atoms with Crippen molar-refractivity contribution in [3.8, 4) is 0 Å². The SMILES string of the molecule is CN(C)C(CNS(=O)(=O)c1ccc(Br)s1)c1ccco1. The molecule has 0 amide bonds. The number of hydrogen-bond donors (Lipinski definition) is 1. The average molecular weight is 379 g/mol. The quantitative estimate of drug-likeness (QED) is 0.838. The van der Waals surface area contributed by atoms with Crippen molar-refractivity contribution >= 4 is 37.3 Å². The van der Waals surface area contributed by atoms with Crippen molar-refractivity contribution in [2.45, 2.75) is 10.3 Å². The van der Waals surface area contributed by atoms with E-state index >= 15 is 0 Å². The summed E-state index contributed by atoms with van der Waals surface area (Å²) in [7, 11) is 0.267. The smallest absolute Gasteiger partial charge is 0.250 e. The second-order valence-electron chi connectivity index (χ2n) is 4.41. The van der Waals surface area contributed by atoms with E-state index in [2.05, 4.69) is 20.7 Å². The molecule has 2 rings (SSSR count). The highest BCUT2D eigenvalue weighted by Crippen LogP contribution is 2.26. The Morgan fingerprint density at radius 1 is 1.40 bits per heavy atom. The lowest BCUT2D eigenvalue weighted by Crippen LogP contribution is -2.34. The zero-order valence-electron chi connectivity index (χ0n) is 11.0. The van der Waals surface area contributed by atoms with E-state index in [1.54, 1.807) is 24.5 Å². The van der Waals surface area contributed by atoms with Gasteiger partial charge in [0.1, 0.15) is 9.97 Å². The summed E-state index contributed by atoms with van der Waals surface area (Å²) in [5, 5.41) is 0. The normalized spacial score (nSPS) is 13.8. The molecule has 110 valence electrons. The zero-order chi connectivity index (χ0) is 14.8. The summed E-state index contributed by atoms with van der Waals surface area (Å²) in [4.78, 5) is 1.91. The Hall–Kier alpha value is -0.670. The minimum atomic E-state index is -3.49. The van der Waals surface area contributed by atoms with E-state index in [4.69, 9.17) is 4.42 Å². The van der Waals surface area contributed by atoms with Crippen LogP contribution in [0.5, 0.6) is 0 Å². The minimum Gasteiger partial charge on any atom is -0.468 e. The van der Waals surface area contributed by atoms with Crippen LogP contribution in [0, 0.1) is 0 Å². The highest BCUT2D eigenvalue weighted by Gasteiger charge is 2.22. The van der Waals surface area contributed by atoms with E-state index in [0.717, 1.165) is 9.55 Å². The predicted molar refractivity (Wildman–Crippen MR) is 82.3 cm³/mol. The Morgan fingerprint density at radius 3 is 2.65 bits per heavy atom. The van der Waals surface area contributed by atoms with Crippen LogP contribution in [-0.2, 0) is 10.0 Å². The molecule has 2 aromatic rings. The fourth-order valence-electron chi connectivity index (χ4n) is 1.72. The van der Waals surface area contributed by atoms with Crippen LogP contribution in [0.2, 0.25) is 0 Å². The topological polar surface area (TPSA) is 62.6 Å². The van der Waals surface area contributed by atoms with Gasteiger partial charge in [-0.25, -0.2) is 13.1 Å². The summed E-state index contributed by atoms with van der Waals surface area (Å²) in [6.45, 7) is 0.248. The summed E-state index contributed by atoms with van der Waals surface area (Å²) in [6, 6.07) is 6.77. The first-order chi connectivity index (χ1) is 9.40. The van der Waals surface area contributed by atoms with E-state index in [1.807, 2.05) is 25.1 Å². The van der Waals surface area contributed by atoms with Crippen LogP contribution in [0.3, 0.4) is 0 Å². The van der Waals surface area contributed by atoms with E-state index in [0.29, 0.717) is 4.21 Å². The number of sulfonamides is 1. The summed E-state index contributed by atoms with van der Waals surface area (Å²) in [5.41, 5.74) is 0. The molecule has 0 fully saturated rings. The van der Waals surface area contributed by atoms with E-state index in [-0.39, 0.29) is 12.6 Å². The van der Waals surface area contributed by atoms with Crippen LogP contribution in [0.15, 0.2) is 42.9 Å². The Labute approximate surface area is 130 Å². The lowest BCUT2D eigenvalue weighted by Gasteiger charge is -2.22. The Morgan fingerprint density at radius 2 is 2.15 bits per heavy atom. The first kappa shape index (κ1) is 15.7. The molecule has 2 aromatic heterocycles. The number of nitrogens with one attached hydrogen (secondary N) is 1. The van der Waals surface area contributed by atoms with Crippen LogP contribution in [0.1, 0.15) is 11.8 Å². The molecule has 0 radical (unpaired) electrons. The van der Waals surface area contributed by atoms with Gasteiger partial charge in [0.2, 0.25) is 10.0 Å². The number of thiophene rings is 1. The summed E-state index contributed by atoms with van der Waals surface area (Å²) in [5.74, 6) is 0.727. The largest absolute Gasteiger partial charge is 0.468 e. The maximum absolute atomic E-state index is 12.2. The van der Waals surface area contributed by atoms with Crippen LogP contribution >= 0.6 is 27.3 Å². The Bertz CT molecular complexity index is 650. The van der Waals surface area contributed by atoms with Crippen LogP contribution in [0.25, 0.3) is 0 Å². The number of likely N-dealkylation sites (N-methyl/N-ethyl adjacent to an activating group) is 1. The molecule has 0 spiro atoms. The fraction of sp³-hybridized carbons (Fsp3) is 0.333. The van der Waals surface area contributed by atoms with Crippen molar-refractivity contribution in [3.63, 3.8) is 0 Å². The lowest BCUT2D eigenvalue weighted by molar-refractivity contribution is 0.259. The maximum atomic E-state index is 12.2. The molecule has 5 nitrogen and oxygen atoms in total. The van der Waals surface area contributed by atoms with Gasteiger partial charge in [0.05, 0.1) is 16.1 Å². The molecule has 1 unspecified atom stereocenters. The van der Waals surface area contributed by atoms with Gasteiger partial charge in [0.25, 0.3) is 0 Å². The number of rotatable bonds is 6. The number of nitrogens with zero attached hydrogens (tertiary/aromatic N) is 1. The molecule has 0 aromatic carbocycles. The first-order valence-corrected chi connectivity index (χ1v) is 8.94. The predicted octanol–water partition coefficient (Wildman–Crippen LogP) is 2.68. The monoisotopic (exact) mass is 378 g/mol. The molecule has 0 aliphatic carbocycles. The molecule has 2 heterocycles. The number of hydrogen-bond acceptors (Lipinski definition) is 5.